The van der Waals surface area contributed by atoms with Gasteiger partial charge in [-0.05, 0) is 65.8 Å². The summed E-state index contributed by atoms with van der Waals surface area (Å²) >= 11 is 0. The molecule has 20 heteroatoms. The second-order valence-corrected chi connectivity index (χ2v) is 22.1. The molecule has 2 aliphatic heterocycles. The van der Waals surface area contributed by atoms with Crippen LogP contribution in [0.5, 0.6) is 0 Å². The summed E-state index contributed by atoms with van der Waals surface area (Å²) in [5, 5.41) is 16.7. The smallest absolute Gasteiger partial charge is 0.253 e. The largest absolute Gasteiger partial charge is 0.362 e. The van der Waals surface area contributed by atoms with E-state index in [0.29, 0.717) is 49.7 Å². The number of rotatable bonds is 13. The van der Waals surface area contributed by atoms with E-state index < -0.39 is 19.7 Å². The Labute approximate surface area is 385 Å². The van der Waals surface area contributed by atoms with Gasteiger partial charge in [0.05, 0.1) is 39.3 Å². The lowest BCUT2D eigenvalue weighted by Gasteiger charge is -2.28. The minimum atomic E-state index is -3.00. The third kappa shape index (κ3) is 12.4. The first-order chi connectivity index (χ1) is 31.0. The molecule has 0 bridgehead atoms. The minimum Gasteiger partial charge on any atom is -0.362 e. The maximum absolute atomic E-state index is 12.2. The van der Waals surface area contributed by atoms with Gasteiger partial charge in [-0.2, -0.15) is 0 Å². The van der Waals surface area contributed by atoms with E-state index in [1.165, 1.54) is 6.26 Å². The molecular formula is C46H60N12O6S2. The highest BCUT2D eigenvalue weighted by molar-refractivity contribution is 7.93. The number of aromatic amines is 2. The molecule has 66 heavy (non-hydrogen) atoms. The van der Waals surface area contributed by atoms with Crippen molar-refractivity contribution in [1.82, 2.24) is 45.9 Å². The summed E-state index contributed by atoms with van der Waals surface area (Å²) in [7, 11) is -5.90. The van der Waals surface area contributed by atoms with Crippen molar-refractivity contribution in [3.8, 4) is 22.5 Å². The second-order valence-electron chi connectivity index (χ2n) is 17.8. The van der Waals surface area contributed by atoms with E-state index in [2.05, 4.69) is 43.1 Å². The molecule has 2 aliphatic rings. The molecule has 0 saturated heterocycles. The lowest BCUT2D eigenvalue weighted by atomic mass is 10.1. The average molecular weight is 941 g/mol. The fourth-order valence-electron chi connectivity index (χ4n) is 7.27. The minimum absolute atomic E-state index is 0.0343. The van der Waals surface area contributed by atoms with Crippen LogP contribution in [0.2, 0.25) is 0 Å². The van der Waals surface area contributed by atoms with Gasteiger partial charge in [-0.15, -0.1) is 0 Å². The third-order valence-corrected chi connectivity index (χ3v) is 12.4. The summed E-state index contributed by atoms with van der Waals surface area (Å²) in [4.78, 5) is 50.3. The Morgan fingerprint density at radius 1 is 0.712 bits per heavy atom. The zero-order chi connectivity index (χ0) is 48.2. The van der Waals surface area contributed by atoms with Gasteiger partial charge in [0.25, 0.3) is 11.8 Å². The number of anilines is 2. The van der Waals surface area contributed by atoms with E-state index in [0.717, 1.165) is 97.7 Å². The topological polar surface area (TPSA) is 272 Å². The van der Waals surface area contributed by atoms with Gasteiger partial charge in [0.2, 0.25) is 0 Å². The number of benzene rings is 2. The zero-order valence-electron chi connectivity index (χ0n) is 38.7. The lowest BCUT2D eigenvalue weighted by molar-refractivity contribution is 0.0937. The number of sulfone groups is 2. The first kappa shape index (κ1) is 49.2. The molecule has 2 aromatic carbocycles. The molecule has 18 nitrogen and oxygen atoms in total. The van der Waals surface area contributed by atoms with Gasteiger partial charge in [-0.3, -0.25) is 9.59 Å². The summed E-state index contributed by atoms with van der Waals surface area (Å²) in [6.45, 7) is 17.7. The Balaban J connectivity index is 0.000000197. The SMILES string of the molecule is C=CS(C)(=O)=O.Cc1nc2cccc(-c3cc4c([nH]3)CCNC4=O)c2nc1NC(C)(C)CN.Cc1nc2cccc(-c3cc4c([nH]3)CCNC4=O)c2nc1NC(C)(C)CNCCS(C)(=O)=O. The van der Waals surface area contributed by atoms with Crippen LogP contribution in [0.3, 0.4) is 0 Å². The molecule has 4 aromatic heterocycles. The molecule has 2 amide bonds. The van der Waals surface area contributed by atoms with Crippen LogP contribution in [0.15, 0.2) is 60.5 Å². The highest BCUT2D eigenvalue weighted by atomic mass is 32.2. The molecule has 0 aliphatic carbocycles. The van der Waals surface area contributed by atoms with Crippen LogP contribution in [-0.4, -0.2) is 121 Å². The van der Waals surface area contributed by atoms with Crippen LogP contribution in [0.1, 0.15) is 71.2 Å². The molecule has 9 N–H and O–H groups in total. The van der Waals surface area contributed by atoms with Crippen molar-refractivity contribution in [3.05, 3.63) is 94.4 Å². The fourth-order valence-corrected chi connectivity index (χ4v) is 7.79. The van der Waals surface area contributed by atoms with Gasteiger partial charge >= 0.3 is 0 Å². The van der Waals surface area contributed by atoms with Crippen molar-refractivity contribution in [2.24, 2.45) is 5.73 Å². The summed E-state index contributed by atoms with van der Waals surface area (Å²) in [6, 6.07) is 15.5. The number of amides is 2. The Morgan fingerprint density at radius 2 is 1.15 bits per heavy atom. The van der Waals surface area contributed by atoms with Crippen LogP contribution < -0.4 is 32.3 Å². The van der Waals surface area contributed by atoms with E-state index in [1.807, 2.05) is 90.1 Å². The fraction of sp³-hybridized carbons (Fsp3) is 0.391. The van der Waals surface area contributed by atoms with Crippen molar-refractivity contribution in [2.45, 2.75) is 65.5 Å². The van der Waals surface area contributed by atoms with Crippen LogP contribution in [0, 0.1) is 13.8 Å². The van der Waals surface area contributed by atoms with Crippen LogP contribution in [-0.2, 0) is 32.5 Å². The van der Waals surface area contributed by atoms with Crippen molar-refractivity contribution in [3.63, 3.8) is 0 Å². The highest BCUT2D eigenvalue weighted by Crippen LogP contribution is 2.32. The molecule has 6 aromatic rings. The number of para-hydroxylation sites is 2. The quantitative estimate of drug-likeness (QED) is 0.0737. The Bertz CT molecular complexity index is 3020. The summed E-state index contributed by atoms with van der Waals surface area (Å²) in [5.74, 6) is 1.39. The number of nitrogens with one attached hydrogen (secondary N) is 7. The summed E-state index contributed by atoms with van der Waals surface area (Å²) in [6.07, 6.45) is 3.90. The standard InChI is InChI=1S/C23H30N6O3S.C20H24N6O.C3H6O2S/c1-14-21(29-23(2,3)13-24-10-11-33(4,31)32)28-20-15(6-5-7-18(20)26-14)19-12-16-17(27-19)8-9-25-22(16)30;1-11-18(26-20(2,3)10-21)25-17-12(5-4-6-15(17)23-11)16-9-13-14(24-16)7-8-22-19(13)27;1-3-6(2,4)5/h5-7,12,24,27H,8-11,13H2,1-4H3,(H,25,30)(H,28,29);4-6,9,24H,7-8,10,21H2,1-3H3,(H,22,27)(H,25,26);3H,1H2,2H3. The number of hydrogen-bond acceptors (Lipinski definition) is 14. The van der Waals surface area contributed by atoms with Gasteiger partial charge < -0.3 is 42.3 Å². The normalized spacial score (nSPS) is 13.9. The van der Waals surface area contributed by atoms with Crippen LogP contribution >= 0.6 is 0 Å². The van der Waals surface area contributed by atoms with Crippen molar-refractivity contribution in [2.75, 3.05) is 61.6 Å². The molecule has 6 heterocycles. The van der Waals surface area contributed by atoms with E-state index in [-0.39, 0.29) is 28.6 Å². The van der Waals surface area contributed by atoms with Crippen molar-refractivity contribution < 1.29 is 26.4 Å². The lowest BCUT2D eigenvalue weighted by Crippen LogP contribution is -2.43. The van der Waals surface area contributed by atoms with Crippen molar-refractivity contribution in [1.29, 1.82) is 0 Å². The molecule has 0 fully saturated rings. The molecule has 0 atom stereocenters. The Kier molecular flexibility index (Phi) is 14.7. The van der Waals surface area contributed by atoms with E-state index in [1.54, 1.807) is 0 Å². The molecule has 0 radical (unpaired) electrons. The zero-order valence-corrected chi connectivity index (χ0v) is 40.3. The van der Waals surface area contributed by atoms with Gasteiger partial charge in [0.15, 0.2) is 9.84 Å². The number of aryl methyl sites for hydroxylation is 2. The number of H-pyrrole nitrogens is 2. The van der Waals surface area contributed by atoms with Gasteiger partial charge in [-0.25, -0.2) is 36.8 Å². The number of aromatic nitrogens is 6. The first-order valence-corrected chi connectivity index (χ1v) is 25.5. The average Bonchev–Trinajstić information content (AvgIpc) is 3.89. The number of hydrogen-bond donors (Lipinski definition) is 8. The van der Waals surface area contributed by atoms with Crippen LogP contribution in [0.4, 0.5) is 11.6 Å². The Hall–Kier alpha value is -6.22. The number of nitrogens with zero attached hydrogens (tertiary/aromatic N) is 4. The molecule has 352 valence electrons. The van der Waals surface area contributed by atoms with Gasteiger partial charge in [0, 0.05) is 108 Å². The first-order valence-electron chi connectivity index (χ1n) is 21.5. The van der Waals surface area contributed by atoms with Gasteiger partial charge in [0.1, 0.15) is 32.5 Å². The Morgan fingerprint density at radius 3 is 1.55 bits per heavy atom. The number of fused-ring (bicyclic) bond motifs is 4. The molecule has 0 saturated carbocycles. The third-order valence-electron chi connectivity index (χ3n) is 10.9. The predicted octanol–water partition coefficient (Wildman–Crippen LogP) is 4.59. The summed E-state index contributed by atoms with van der Waals surface area (Å²) < 4.78 is 42.5. The monoisotopic (exact) mass is 940 g/mol. The van der Waals surface area contributed by atoms with Crippen molar-refractivity contribution >= 4 is 65.2 Å². The van der Waals surface area contributed by atoms with Crippen LogP contribution in [0.25, 0.3) is 44.6 Å². The predicted molar refractivity (Wildman–Crippen MR) is 262 cm³/mol. The molecule has 0 spiro atoms. The number of nitrogens with two attached hydrogens (primary N) is 1. The van der Waals surface area contributed by atoms with Gasteiger partial charge in [-0.1, -0.05) is 30.8 Å². The molecule has 8 rings (SSSR count). The number of carbonyl (C=O) groups is 2. The summed E-state index contributed by atoms with van der Waals surface area (Å²) in [5.41, 5.74) is 16.7. The maximum Gasteiger partial charge on any atom is 0.253 e. The molecular weight excluding hydrogens is 881 g/mol. The highest BCUT2D eigenvalue weighted by Gasteiger charge is 2.25. The second kappa shape index (κ2) is 19.7. The number of carbonyl (C=O) groups excluding carboxylic acids is 2. The molecule has 0 unspecified atom stereocenters. The van der Waals surface area contributed by atoms with E-state index in [9.17, 15) is 26.4 Å². The maximum atomic E-state index is 12.2. The van der Waals surface area contributed by atoms with E-state index >= 15 is 0 Å². The van der Waals surface area contributed by atoms with E-state index in [4.69, 9.17) is 25.7 Å².